The van der Waals surface area contributed by atoms with Gasteiger partial charge in [0.05, 0.1) is 11.5 Å². The van der Waals surface area contributed by atoms with E-state index < -0.39 is 0 Å². The number of carbonyl (C=O) groups excluding carboxylic acids is 1. The summed E-state index contributed by atoms with van der Waals surface area (Å²) in [4.78, 5) is 11.6. The van der Waals surface area contributed by atoms with Gasteiger partial charge in [0.2, 0.25) is 0 Å². The Labute approximate surface area is 92.1 Å². The third-order valence-corrected chi connectivity index (χ3v) is 2.20. The summed E-state index contributed by atoms with van der Waals surface area (Å²) in [6.07, 6.45) is 7.05. The fourth-order valence-corrected chi connectivity index (χ4v) is 1.29. The number of thiol groups is 1. The van der Waals surface area contributed by atoms with Crippen molar-refractivity contribution in [3.8, 4) is 0 Å². The van der Waals surface area contributed by atoms with Crippen LogP contribution in [0.3, 0.4) is 0 Å². The lowest BCUT2D eigenvalue weighted by Gasteiger charge is -2.03. The van der Waals surface area contributed by atoms with E-state index in [1.54, 1.807) is 6.08 Å². The van der Waals surface area contributed by atoms with Gasteiger partial charge in [-0.2, -0.15) is 0 Å². The number of unbranched alkanes of at least 4 members (excludes halogenated alkanes) is 3. The molecule has 0 aromatic carbocycles. The molecule has 0 aromatic heterocycles. The first kappa shape index (κ1) is 13.6. The van der Waals surface area contributed by atoms with Crippen molar-refractivity contribution < 1.29 is 9.53 Å². The normalized spacial score (nSPS) is 11.5. The highest BCUT2D eigenvalue weighted by Gasteiger charge is 2.04. The SMILES string of the molecule is CCC=C(S)C(=O)OCCCCCC. The second-order valence-electron chi connectivity index (χ2n) is 3.19. The molecular weight excluding hydrogens is 196 g/mol. The van der Waals surface area contributed by atoms with Crippen LogP contribution in [0.5, 0.6) is 0 Å². The first-order valence-corrected chi connectivity index (χ1v) is 5.73. The van der Waals surface area contributed by atoms with Gasteiger partial charge in [-0.15, -0.1) is 12.6 Å². The molecule has 0 unspecified atom stereocenters. The highest BCUT2D eigenvalue weighted by Crippen LogP contribution is 2.06. The maximum absolute atomic E-state index is 11.2. The molecule has 14 heavy (non-hydrogen) atoms. The van der Waals surface area contributed by atoms with Crippen LogP contribution in [0.4, 0.5) is 0 Å². The summed E-state index contributed by atoms with van der Waals surface area (Å²) in [6, 6.07) is 0. The highest BCUT2D eigenvalue weighted by molar-refractivity contribution is 7.85. The van der Waals surface area contributed by atoms with Crippen LogP contribution in [-0.2, 0) is 9.53 Å². The number of ether oxygens (including phenoxy) is 1. The molecule has 82 valence electrons. The van der Waals surface area contributed by atoms with Crippen LogP contribution in [0.15, 0.2) is 11.0 Å². The lowest BCUT2D eigenvalue weighted by molar-refractivity contribution is -0.138. The zero-order chi connectivity index (χ0) is 10.8. The standard InChI is InChI=1S/C11H20O2S/c1-3-5-6-7-9-13-11(12)10(14)8-4-2/h8,14H,3-7,9H2,1-2H3. The first-order valence-electron chi connectivity index (χ1n) is 5.28. The maximum Gasteiger partial charge on any atom is 0.344 e. The molecule has 0 aliphatic heterocycles. The average molecular weight is 216 g/mol. The van der Waals surface area contributed by atoms with Crippen LogP contribution < -0.4 is 0 Å². The maximum atomic E-state index is 11.2. The van der Waals surface area contributed by atoms with Crippen LogP contribution in [-0.4, -0.2) is 12.6 Å². The number of hydrogen-bond donors (Lipinski definition) is 1. The van der Waals surface area contributed by atoms with Crippen molar-refractivity contribution in [2.24, 2.45) is 0 Å². The third-order valence-electron chi connectivity index (χ3n) is 1.84. The van der Waals surface area contributed by atoms with E-state index in [9.17, 15) is 4.79 Å². The summed E-state index contributed by atoms with van der Waals surface area (Å²) in [5.74, 6) is -0.299. The van der Waals surface area contributed by atoms with Crippen LogP contribution in [0.1, 0.15) is 46.0 Å². The summed E-state index contributed by atoms with van der Waals surface area (Å²) in [6.45, 7) is 4.63. The predicted molar refractivity (Wildman–Crippen MR) is 62.5 cm³/mol. The topological polar surface area (TPSA) is 26.3 Å². The Bertz CT molecular complexity index is 188. The summed E-state index contributed by atoms with van der Waals surface area (Å²) in [7, 11) is 0. The number of carbonyl (C=O) groups is 1. The number of rotatable bonds is 7. The zero-order valence-electron chi connectivity index (χ0n) is 9.08. The zero-order valence-corrected chi connectivity index (χ0v) is 9.98. The lowest BCUT2D eigenvalue weighted by Crippen LogP contribution is -2.05. The van der Waals surface area contributed by atoms with Crippen molar-refractivity contribution in [3.63, 3.8) is 0 Å². The van der Waals surface area contributed by atoms with E-state index in [0.717, 1.165) is 19.3 Å². The van der Waals surface area contributed by atoms with E-state index in [0.29, 0.717) is 11.5 Å². The molecule has 0 N–H and O–H groups in total. The molecule has 0 fully saturated rings. The van der Waals surface area contributed by atoms with E-state index in [4.69, 9.17) is 4.74 Å². The Morgan fingerprint density at radius 2 is 2.00 bits per heavy atom. The second kappa shape index (κ2) is 9.13. The molecule has 0 aliphatic rings. The van der Waals surface area contributed by atoms with Gasteiger partial charge in [-0.3, -0.25) is 0 Å². The van der Waals surface area contributed by atoms with Gasteiger partial charge in [-0.05, 0) is 12.8 Å². The molecule has 0 saturated heterocycles. The minimum atomic E-state index is -0.299. The summed E-state index contributed by atoms with van der Waals surface area (Å²) in [5, 5.41) is 0. The minimum absolute atomic E-state index is 0.299. The molecule has 0 amide bonds. The summed E-state index contributed by atoms with van der Waals surface area (Å²) < 4.78 is 5.02. The van der Waals surface area contributed by atoms with E-state index in [-0.39, 0.29) is 5.97 Å². The fourth-order valence-electron chi connectivity index (χ4n) is 1.04. The quantitative estimate of drug-likeness (QED) is 0.306. The van der Waals surface area contributed by atoms with Gasteiger partial charge in [0, 0.05) is 0 Å². The molecule has 0 rings (SSSR count). The molecule has 0 spiro atoms. The Morgan fingerprint density at radius 1 is 1.29 bits per heavy atom. The molecular formula is C11H20O2S. The van der Waals surface area contributed by atoms with Crippen molar-refractivity contribution in [1.82, 2.24) is 0 Å². The van der Waals surface area contributed by atoms with Gasteiger partial charge < -0.3 is 4.74 Å². The summed E-state index contributed by atoms with van der Waals surface area (Å²) >= 11 is 4.04. The van der Waals surface area contributed by atoms with Gasteiger partial charge in [-0.1, -0.05) is 39.2 Å². The molecule has 2 nitrogen and oxygen atoms in total. The minimum Gasteiger partial charge on any atom is -0.462 e. The van der Waals surface area contributed by atoms with E-state index >= 15 is 0 Å². The van der Waals surface area contributed by atoms with Gasteiger partial charge in [-0.25, -0.2) is 4.79 Å². The van der Waals surface area contributed by atoms with Crippen molar-refractivity contribution in [3.05, 3.63) is 11.0 Å². The van der Waals surface area contributed by atoms with Gasteiger partial charge in [0.1, 0.15) is 0 Å². The molecule has 0 radical (unpaired) electrons. The van der Waals surface area contributed by atoms with Crippen molar-refractivity contribution in [2.45, 2.75) is 46.0 Å². The smallest absolute Gasteiger partial charge is 0.344 e. The first-order chi connectivity index (χ1) is 6.72. The van der Waals surface area contributed by atoms with E-state index in [1.165, 1.54) is 12.8 Å². The van der Waals surface area contributed by atoms with Gasteiger partial charge in [0.25, 0.3) is 0 Å². The van der Waals surface area contributed by atoms with Crippen LogP contribution in [0, 0.1) is 0 Å². The third kappa shape index (κ3) is 7.01. The number of allylic oxidation sites excluding steroid dienone is 1. The molecule has 0 saturated carbocycles. The van der Waals surface area contributed by atoms with Crippen molar-refractivity contribution >= 4 is 18.6 Å². The van der Waals surface area contributed by atoms with E-state index in [2.05, 4.69) is 19.6 Å². The van der Waals surface area contributed by atoms with Crippen LogP contribution in [0.2, 0.25) is 0 Å². The van der Waals surface area contributed by atoms with Crippen LogP contribution >= 0.6 is 12.6 Å². The predicted octanol–water partition coefficient (Wildman–Crippen LogP) is 3.33. The van der Waals surface area contributed by atoms with Gasteiger partial charge in [0.15, 0.2) is 0 Å². The average Bonchev–Trinajstić information content (AvgIpc) is 2.17. The molecule has 0 bridgehead atoms. The Kier molecular flexibility index (Phi) is 8.84. The summed E-state index contributed by atoms with van der Waals surface area (Å²) in [5.41, 5.74) is 0. The Hall–Kier alpha value is -0.440. The molecule has 0 atom stereocenters. The Balaban J connectivity index is 3.49. The fraction of sp³-hybridized carbons (Fsp3) is 0.727. The lowest BCUT2D eigenvalue weighted by atomic mass is 10.2. The highest BCUT2D eigenvalue weighted by atomic mass is 32.1. The number of hydrogen-bond acceptors (Lipinski definition) is 3. The largest absolute Gasteiger partial charge is 0.462 e. The van der Waals surface area contributed by atoms with E-state index in [1.807, 2.05) is 6.92 Å². The Morgan fingerprint density at radius 3 is 2.57 bits per heavy atom. The second-order valence-corrected chi connectivity index (χ2v) is 3.68. The monoisotopic (exact) mass is 216 g/mol. The number of esters is 1. The molecule has 0 aliphatic carbocycles. The van der Waals surface area contributed by atoms with Crippen molar-refractivity contribution in [1.29, 1.82) is 0 Å². The van der Waals surface area contributed by atoms with Gasteiger partial charge >= 0.3 is 5.97 Å². The van der Waals surface area contributed by atoms with Crippen molar-refractivity contribution in [2.75, 3.05) is 6.61 Å². The van der Waals surface area contributed by atoms with Crippen LogP contribution in [0.25, 0.3) is 0 Å². The molecule has 0 aromatic rings. The molecule has 3 heteroatoms. The molecule has 0 heterocycles.